The molecule has 0 radical (unpaired) electrons. The summed E-state index contributed by atoms with van der Waals surface area (Å²) in [6.45, 7) is 4.12. The lowest BCUT2D eigenvalue weighted by atomic mass is 10.1. The fourth-order valence-electron chi connectivity index (χ4n) is 2.48. The Morgan fingerprint density at radius 1 is 1.12 bits per heavy atom. The van der Waals surface area contributed by atoms with Crippen molar-refractivity contribution < 1.29 is 24.2 Å². The Labute approximate surface area is 160 Å². The zero-order valence-electron chi connectivity index (χ0n) is 14.6. The van der Waals surface area contributed by atoms with Crippen molar-refractivity contribution in [3.8, 4) is 0 Å². The summed E-state index contributed by atoms with van der Waals surface area (Å²) in [5.41, 5.74) is 1.31. The van der Waals surface area contributed by atoms with E-state index >= 15 is 0 Å². The maximum absolute atomic E-state index is 12.3. The van der Waals surface area contributed by atoms with Gasteiger partial charge in [0.05, 0.1) is 30.7 Å². The van der Waals surface area contributed by atoms with Crippen LogP contribution in [0.4, 0.5) is 0 Å². The Morgan fingerprint density at radius 3 is 2.35 bits per heavy atom. The number of halogens is 1. The molecule has 1 heterocycles. The summed E-state index contributed by atoms with van der Waals surface area (Å²) in [6, 6.07) is 9.21. The molecule has 0 aliphatic carbocycles. The van der Waals surface area contributed by atoms with Crippen molar-refractivity contribution in [2.45, 2.75) is 20.4 Å². The number of aliphatic hydroxyl groups excluding tert-OH is 1. The maximum atomic E-state index is 12.3. The van der Waals surface area contributed by atoms with Crippen LogP contribution in [0, 0.1) is 0 Å². The molecule has 0 saturated carbocycles. The van der Waals surface area contributed by atoms with Gasteiger partial charge < -0.3 is 19.1 Å². The van der Waals surface area contributed by atoms with Crippen molar-refractivity contribution in [3.63, 3.8) is 0 Å². The van der Waals surface area contributed by atoms with Crippen LogP contribution < -0.4 is 0 Å². The van der Waals surface area contributed by atoms with Crippen molar-refractivity contribution in [3.05, 3.63) is 64.1 Å². The second-order valence-electron chi connectivity index (χ2n) is 5.32. The molecule has 1 aromatic carbocycles. The average Bonchev–Trinajstić information content (AvgIpc) is 3.02. The molecule has 0 saturated heterocycles. The van der Waals surface area contributed by atoms with Crippen molar-refractivity contribution in [1.82, 2.24) is 4.57 Å². The number of hydrogen-bond donors (Lipinski definition) is 1. The van der Waals surface area contributed by atoms with Gasteiger partial charge in [0.15, 0.2) is 0 Å². The van der Waals surface area contributed by atoms with Crippen molar-refractivity contribution in [2.24, 2.45) is 0 Å². The van der Waals surface area contributed by atoms with Gasteiger partial charge in [-0.1, -0.05) is 28.1 Å². The first-order valence-electron chi connectivity index (χ1n) is 8.14. The van der Waals surface area contributed by atoms with Crippen LogP contribution in [0.15, 0.2) is 47.3 Å². The number of carbonyl (C=O) groups excluding carboxylic acids is 2. The highest BCUT2D eigenvalue weighted by Gasteiger charge is 2.25. The third-order valence-corrected chi connectivity index (χ3v) is 4.13. The summed E-state index contributed by atoms with van der Waals surface area (Å²) < 4.78 is 12.7. The molecule has 0 aliphatic rings. The maximum Gasteiger partial charge on any atom is 0.343 e. The molecule has 0 fully saturated rings. The van der Waals surface area contributed by atoms with E-state index < -0.39 is 11.9 Å². The van der Waals surface area contributed by atoms with Gasteiger partial charge in [-0.05, 0) is 37.6 Å². The lowest BCUT2D eigenvalue weighted by molar-refractivity contribution is -0.136. The monoisotopic (exact) mass is 421 g/mol. The minimum atomic E-state index is -0.712. The Balaban J connectivity index is 2.49. The lowest BCUT2D eigenvalue weighted by Gasteiger charge is -2.13. The number of nitrogens with zero attached hydrogens (tertiary/aromatic N) is 1. The number of carbonyl (C=O) groups is 2. The third-order valence-electron chi connectivity index (χ3n) is 3.60. The standard InChI is InChI=1S/C19H20BrNO5/c1-3-25-18(23)15-9-10-21(11-13-5-7-14(20)8-6-13)17(15)16(12-22)19(24)26-4-2/h5-10,12,22H,3-4,11H2,1-2H3/b16-12-. The van der Waals surface area contributed by atoms with Crippen LogP contribution >= 0.6 is 15.9 Å². The van der Waals surface area contributed by atoms with Gasteiger partial charge in [-0.25, -0.2) is 9.59 Å². The van der Waals surface area contributed by atoms with Crippen LogP contribution in [0.25, 0.3) is 5.57 Å². The van der Waals surface area contributed by atoms with Gasteiger partial charge in [-0.15, -0.1) is 0 Å². The highest BCUT2D eigenvalue weighted by Crippen LogP contribution is 2.24. The first kappa shape index (κ1) is 19.8. The number of ether oxygens (including phenoxy) is 2. The first-order valence-corrected chi connectivity index (χ1v) is 8.93. The molecule has 2 aromatic rings. The van der Waals surface area contributed by atoms with Crippen LogP contribution in [-0.4, -0.2) is 34.8 Å². The van der Waals surface area contributed by atoms with Gasteiger partial charge in [0, 0.05) is 17.2 Å². The smallest absolute Gasteiger partial charge is 0.343 e. The molecule has 1 N–H and O–H groups in total. The SMILES string of the molecule is CCOC(=O)/C(=C\O)c1c(C(=O)OCC)ccn1Cc1ccc(Br)cc1. The second kappa shape index (κ2) is 9.24. The predicted molar refractivity (Wildman–Crippen MR) is 101 cm³/mol. The fraction of sp³-hybridized carbons (Fsp3) is 0.263. The molecule has 6 nitrogen and oxygen atoms in total. The molecule has 0 amide bonds. The fourth-order valence-corrected chi connectivity index (χ4v) is 2.75. The minimum Gasteiger partial charge on any atom is -0.515 e. The molecule has 0 unspecified atom stereocenters. The van der Waals surface area contributed by atoms with E-state index in [-0.39, 0.29) is 30.0 Å². The van der Waals surface area contributed by atoms with E-state index in [1.807, 2.05) is 24.3 Å². The molecular weight excluding hydrogens is 402 g/mol. The summed E-state index contributed by atoms with van der Waals surface area (Å²) in [7, 11) is 0. The Hall–Kier alpha value is -2.54. The minimum absolute atomic E-state index is 0.1000. The number of aliphatic hydroxyl groups is 1. The highest BCUT2D eigenvalue weighted by atomic mass is 79.9. The van der Waals surface area contributed by atoms with Gasteiger partial charge in [0.1, 0.15) is 5.57 Å². The largest absolute Gasteiger partial charge is 0.515 e. The van der Waals surface area contributed by atoms with Crippen LogP contribution in [-0.2, 0) is 20.8 Å². The molecule has 1 aromatic heterocycles. The summed E-state index contributed by atoms with van der Waals surface area (Å²) >= 11 is 3.39. The summed E-state index contributed by atoms with van der Waals surface area (Å²) in [6.07, 6.45) is 2.33. The molecule has 2 rings (SSSR count). The van der Waals surface area contributed by atoms with Gasteiger partial charge >= 0.3 is 11.9 Å². The summed E-state index contributed by atoms with van der Waals surface area (Å²) in [5, 5.41) is 9.62. The van der Waals surface area contributed by atoms with Crippen molar-refractivity contribution >= 4 is 33.4 Å². The zero-order valence-corrected chi connectivity index (χ0v) is 16.2. The quantitative estimate of drug-likeness (QED) is 0.416. The van der Waals surface area contributed by atoms with E-state index in [1.54, 1.807) is 30.7 Å². The molecule has 0 bridgehead atoms. The van der Waals surface area contributed by atoms with E-state index in [4.69, 9.17) is 9.47 Å². The number of rotatable bonds is 7. The topological polar surface area (TPSA) is 77.8 Å². The second-order valence-corrected chi connectivity index (χ2v) is 6.23. The summed E-state index contributed by atoms with van der Waals surface area (Å²) in [4.78, 5) is 24.5. The van der Waals surface area contributed by atoms with Crippen molar-refractivity contribution in [1.29, 1.82) is 0 Å². The highest BCUT2D eigenvalue weighted by molar-refractivity contribution is 9.10. The zero-order chi connectivity index (χ0) is 19.1. The molecule has 7 heteroatoms. The number of benzene rings is 1. The third kappa shape index (κ3) is 4.54. The van der Waals surface area contributed by atoms with Crippen LogP contribution in [0.2, 0.25) is 0 Å². The Kier molecular flexibility index (Phi) is 7.03. The van der Waals surface area contributed by atoms with E-state index in [0.29, 0.717) is 12.8 Å². The van der Waals surface area contributed by atoms with Gasteiger partial charge in [0.2, 0.25) is 0 Å². The summed E-state index contributed by atoms with van der Waals surface area (Å²) in [5.74, 6) is -1.28. The first-order chi connectivity index (χ1) is 12.5. The van der Waals surface area contributed by atoms with Gasteiger partial charge in [-0.2, -0.15) is 0 Å². The van der Waals surface area contributed by atoms with E-state index in [0.717, 1.165) is 10.0 Å². The number of hydrogen-bond acceptors (Lipinski definition) is 5. The normalized spacial score (nSPS) is 11.3. The Morgan fingerprint density at radius 2 is 1.77 bits per heavy atom. The van der Waals surface area contributed by atoms with Gasteiger partial charge in [-0.3, -0.25) is 0 Å². The average molecular weight is 422 g/mol. The lowest BCUT2D eigenvalue weighted by Crippen LogP contribution is -2.16. The van der Waals surface area contributed by atoms with E-state index in [1.165, 1.54) is 0 Å². The van der Waals surface area contributed by atoms with Crippen LogP contribution in [0.5, 0.6) is 0 Å². The van der Waals surface area contributed by atoms with Crippen LogP contribution in [0.3, 0.4) is 0 Å². The molecular formula is C19H20BrNO5. The molecule has 0 atom stereocenters. The molecule has 0 spiro atoms. The molecule has 0 aliphatic heterocycles. The molecule has 138 valence electrons. The van der Waals surface area contributed by atoms with Gasteiger partial charge in [0.25, 0.3) is 0 Å². The van der Waals surface area contributed by atoms with E-state index in [2.05, 4.69) is 15.9 Å². The number of aromatic nitrogens is 1. The number of esters is 2. The Bertz CT molecular complexity index is 808. The van der Waals surface area contributed by atoms with E-state index in [9.17, 15) is 14.7 Å². The molecule has 26 heavy (non-hydrogen) atoms. The van der Waals surface area contributed by atoms with Crippen molar-refractivity contribution in [2.75, 3.05) is 13.2 Å². The predicted octanol–water partition coefficient (Wildman–Crippen LogP) is 3.94. The van der Waals surface area contributed by atoms with Crippen LogP contribution in [0.1, 0.15) is 35.5 Å².